The number of nitrogens with zero attached hydrogens (tertiary/aromatic N) is 4. The van der Waals surface area contributed by atoms with E-state index >= 15 is 0 Å². The van der Waals surface area contributed by atoms with Crippen molar-refractivity contribution < 1.29 is 14.2 Å². The molecule has 0 bridgehead atoms. The molecule has 3 heterocycles. The number of imidazole rings is 1. The van der Waals surface area contributed by atoms with E-state index in [4.69, 9.17) is 14.2 Å². The van der Waals surface area contributed by atoms with Crippen molar-refractivity contribution in [2.45, 2.75) is 0 Å². The Kier molecular flexibility index (Phi) is 3.85. The van der Waals surface area contributed by atoms with Crippen LogP contribution in [0.3, 0.4) is 0 Å². The molecule has 1 aromatic carbocycles. The number of aromatic nitrogens is 4. The van der Waals surface area contributed by atoms with E-state index in [9.17, 15) is 0 Å². The molecular weight excluding hydrogens is 310 g/mol. The van der Waals surface area contributed by atoms with Crippen LogP contribution in [-0.4, -0.2) is 39.5 Å². The number of rotatable bonds is 6. The number of anilines is 1. The molecule has 0 saturated heterocycles. The highest BCUT2D eigenvalue weighted by Crippen LogP contribution is 2.34. The van der Waals surface area contributed by atoms with Gasteiger partial charge in [0, 0.05) is 24.7 Å². The summed E-state index contributed by atoms with van der Waals surface area (Å²) in [5.41, 5.74) is 0. The van der Waals surface area contributed by atoms with Crippen molar-refractivity contribution in [1.29, 1.82) is 0 Å². The Balaban J connectivity index is 1.31. The van der Waals surface area contributed by atoms with E-state index in [2.05, 4.69) is 20.3 Å². The summed E-state index contributed by atoms with van der Waals surface area (Å²) in [6.45, 7) is 1.35. The highest BCUT2D eigenvalue weighted by molar-refractivity contribution is 5.46. The first-order chi connectivity index (χ1) is 11.9. The second-order valence-corrected chi connectivity index (χ2v) is 5.00. The molecule has 1 N–H and O–H groups in total. The molecule has 3 aromatic rings. The van der Waals surface area contributed by atoms with Gasteiger partial charge in [-0.1, -0.05) is 0 Å². The maximum atomic E-state index is 5.70. The van der Waals surface area contributed by atoms with Crippen LogP contribution in [0.1, 0.15) is 0 Å². The summed E-state index contributed by atoms with van der Waals surface area (Å²) in [4.78, 5) is 12.6. The fourth-order valence-corrected chi connectivity index (χ4v) is 2.26. The summed E-state index contributed by atoms with van der Waals surface area (Å²) in [6.07, 6.45) is 6.83. The van der Waals surface area contributed by atoms with Crippen molar-refractivity contribution in [3.05, 3.63) is 49.2 Å². The highest BCUT2D eigenvalue weighted by atomic mass is 16.7. The van der Waals surface area contributed by atoms with Crippen molar-refractivity contribution in [3.8, 4) is 23.2 Å². The van der Waals surface area contributed by atoms with Crippen molar-refractivity contribution in [3.63, 3.8) is 0 Å². The molecule has 1 aliphatic heterocycles. The summed E-state index contributed by atoms with van der Waals surface area (Å²) in [5, 5.41) is 3.20. The number of ether oxygens (including phenoxy) is 3. The first-order valence-electron chi connectivity index (χ1n) is 7.46. The van der Waals surface area contributed by atoms with E-state index in [1.54, 1.807) is 35.6 Å². The van der Waals surface area contributed by atoms with Crippen molar-refractivity contribution >= 4 is 5.82 Å². The Morgan fingerprint density at radius 3 is 3.04 bits per heavy atom. The van der Waals surface area contributed by atoms with Crippen LogP contribution in [0.2, 0.25) is 0 Å². The minimum absolute atomic E-state index is 0.257. The van der Waals surface area contributed by atoms with Gasteiger partial charge in [-0.2, -0.15) is 4.98 Å². The fraction of sp³-hybridized carbons (Fsp3) is 0.188. The summed E-state index contributed by atoms with van der Waals surface area (Å²) in [5.74, 6) is 3.48. The third kappa shape index (κ3) is 3.07. The summed E-state index contributed by atoms with van der Waals surface area (Å²) in [6, 6.07) is 7.33. The summed E-state index contributed by atoms with van der Waals surface area (Å²) >= 11 is 0. The van der Waals surface area contributed by atoms with Crippen molar-refractivity contribution in [1.82, 2.24) is 19.5 Å². The van der Waals surface area contributed by atoms with Crippen molar-refractivity contribution in [2.24, 2.45) is 0 Å². The lowest BCUT2D eigenvalue weighted by Gasteiger charge is -2.09. The van der Waals surface area contributed by atoms with Gasteiger partial charge in [-0.05, 0) is 18.2 Å². The molecule has 122 valence electrons. The van der Waals surface area contributed by atoms with Crippen molar-refractivity contribution in [2.75, 3.05) is 25.3 Å². The number of nitrogens with one attached hydrogen (secondary N) is 1. The van der Waals surface area contributed by atoms with Crippen LogP contribution in [0, 0.1) is 0 Å². The van der Waals surface area contributed by atoms with Crippen LogP contribution in [-0.2, 0) is 0 Å². The second kappa shape index (κ2) is 6.45. The summed E-state index contributed by atoms with van der Waals surface area (Å²) < 4.78 is 18.0. The normalized spacial score (nSPS) is 12.2. The molecule has 0 fully saturated rings. The average Bonchev–Trinajstić information content (AvgIpc) is 3.30. The molecule has 0 unspecified atom stereocenters. The first kappa shape index (κ1) is 14.3. The smallest absolute Gasteiger partial charge is 0.236 e. The highest BCUT2D eigenvalue weighted by Gasteiger charge is 2.13. The van der Waals surface area contributed by atoms with Gasteiger partial charge >= 0.3 is 0 Å². The molecule has 0 radical (unpaired) electrons. The van der Waals surface area contributed by atoms with Crippen LogP contribution in [0.5, 0.6) is 17.2 Å². The second-order valence-electron chi connectivity index (χ2n) is 5.00. The summed E-state index contributed by atoms with van der Waals surface area (Å²) in [7, 11) is 0. The molecule has 1 aliphatic rings. The predicted molar refractivity (Wildman–Crippen MR) is 85.7 cm³/mol. The zero-order valence-corrected chi connectivity index (χ0v) is 12.8. The van der Waals surface area contributed by atoms with Gasteiger partial charge in [0.15, 0.2) is 11.5 Å². The van der Waals surface area contributed by atoms with Gasteiger partial charge in [-0.3, -0.25) is 4.57 Å². The number of fused-ring (bicyclic) bond motifs is 1. The molecule has 8 nitrogen and oxygen atoms in total. The largest absolute Gasteiger partial charge is 0.492 e. The zero-order valence-electron chi connectivity index (χ0n) is 12.8. The molecule has 0 amide bonds. The Labute approximate surface area is 138 Å². The van der Waals surface area contributed by atoms with Gasteiger partial charge in [-0.15, -0.1) is 0 Å². The Morgan fingerprint density at radius 2 is 2.12 bits per heavy atom. The van der Waals surface area contributed by atoms with Crippen LogP contribution in [0.25, 0.3) is 5.95 Å². The number of hydrogen-bond donors (Lipinski definition) is 1. The van der Waals surface area contributed by atoms with E-state index in [0.29, 0.717) is 24.8 Å². The fourth-order valence-electron chi connectivity index (χ4n) is 2.26. The van der Waals surface area contributed by atoms with Gasteiger partial charge in [0.05, 0.1) is 6.54 Å². The maximum absolute atomic E-state index is 5.70. The van der Waals surface area contributed by atoms with E-state index < -0.39 is 0 Å². The predicted octanol–water partition coefficient (Wildman–Crippen LogP) is 1.88. The molecule has 0 atom stereocenters. The standard InChI is InChI=1S/C16H15N5O3/c1-2-13-14(24-11-23-13)9-12(1)22-8-6-18-15-3-4-19-16(20-15)21-7-5-17-10-21/h1-5,7,9-10H,6,8,11H2,(H,18,19,20). The lowest BCUT2D eigenvalue weighted by Crippen LogP contribution is -2.13. The zero-order chi connectivity index (χ0) is 16.2. The first-order valence-corrected chi connectivity index (χ1v) is 7.46. The molecule has 2 aromatic heterocycles. The van der Waals surface area contributed by atoms with E-state index in [1.165, 1.54) is 0 Å². The molecule has 24 heavy (non-hydrogen) atoms. The van der Waals surface area contributed by atoms with Gasteiger partial charge in [0.1, 0.15) is 24.5 Å². The van der Waals surface area contributed by atoms with Gasteiger partial charge in [-0.25, -0.2) is 9.97 Å². The lowest BCUT2D eigenvalue weighted by atomic mass is 10.3. The SMILES string of the molecule is c1cn(-c2nccc(NCCOc3ccc4c(c3)OCO4)n2)cn1. The molecule has 8 heteroatoms. The van der Waals surface area contributed by atoms with Gasteiger partial charge in [0.25, 0.3) is 0 Å². The van der Waals surface area contributed by atoms with Gasteiger partial charge in [0.2, 0.25) is 12.7 Å². The topological polar surface area (TPSA) is 83.3 Å². The third-order valence-electron chi connectivity index (χ3n) is 3.40. The van der Waals surface area contributed by atoms with E-state index in [-0.39, 0.29) is 6.79 Å². The molecule has 0 spiro atoms. The minimum Gasteiger partial charge on any atom is -0.492 e. The minimum atomic E-state index is 0.257. The third-order valence-corrected chi connectivity index (χ3v) is 3.40. The molecule has 0 aliphatic carbocycles. The maximum Gasteiger partial charge on any atom is 0.236 e. The van der Waals surface area contributed by atoms with E-state index in [0.717, 1.165) is 17.3 Å². The monoisotopic (exact) mass is 325 g/mol. The van der Waals surface area contributed by atoms with Crippen LogP contribution >= 0.6 is 0 Å². The van der Waals surface area contributed by atoms with Crippen LogP contribution < -0.4 is 19.5 Å². The van der Waals surface area contributed by atoms with Crippen LogP contribution in [0.4, 0.5) is 5.82 Å². The molecule has 0 saturated carbocycles. The van der Waals surface area contributed by atoms with Crippen LogP contribution in [0.15, 0.2) is 49.2 Å². The number of benzene rings is 1. The average molecular weight is 325 g/mol. The molecule has 4 rings (SSSR count). The Hall–Kier alpha value is -3.29. The van der Waals surface area contributed by atoms with E-state index in [1.807, 2.05) is 18.2 Å². The lowest BCUT2D eigenvalue weighted by molar-refractivity contribution is 0.174. The van der Waals surface area contributed by atoms with Gasteiger partial charge < -0.3 is 19.5 Å². The Bertz CT molecular complexity index is 822. The quantitative estimate of drug-likeness (QED) is 0.693. The molecular formula is C16H15N5O3. The Morgan fingerprint density at radius 1 is 1.17 bits per heavy atom. The number of hydrogen-bond acceptors (Lipinski definition) is 7.